The standard InChI is InChI=1S/C31H33ClN6O2/c1-4-26(39)36-14-11-23(12-15-36)38-20(3)28(29-24-17-33-34-25(24)16-19(2)30(29)32)31(35-38)22-9-7-21(8-10-22)18-37-13-5-6-27(37)40/h4,7-10,16-17,23H,1,5-6,11-15,18H2,2-3H3,(H,33,34). The molecule has 0 bridgehead atoms. The van der Waals surface area contributed by atoms with Crippen LogP contribution in [0, 0.1) is 13.8 Å². The van der Waals surface area contributed by atoms with Crippen LogP contribution in [-0.4, -0.2) is 61.2 Å². The number of rotatable bonds is 6. The van der Waals surface area contributed by atoms with Gasteiger partial charge in [0.05, 0.1) is 22.8 Å². The maximum Gasteiger partial charge on any atom is 0.245 e. The van der Waals surface area contributed by atoms with Crippen molar-refractivity contribution in [3.05, 3.63) is 71.0 Å². The molecule has 0 unspecified atom stereocenters. The molecule has 0 atom stereocenters. The van der Waals surface area contributed by atoms with Crippen LogP contribution in [0.3, 0.4) is 0 Å². The smallest absolute Gasteiger partial charge is 0.245 e. The molecule has 2 saturated heterocycles. The highest BCUT2D eigenvalue weighted by Gasteiger charge is 2.29. The van der Waals surface area contributed by atoms with Crippen molar-refractivity contribution in [1.82, 2.24) is 29.8 Å². The first-order chi connectivity index (χ1) is 19.4. The maximum atomic E-state index is 12.2. The van der Waals surface area contributed by atoms with E-state index in [0.717, 1.165) is 75.9 Å². The SMILES string of the molecule is C=CC(=O)N1CCC(n2nc(-c3ccc(CN4CCCC4=O)cc3)c(-c3c(Cl)c(C)cc4[nH]ncc34)c2C)CC1. The number of H-pyrrole nitrogens is 1. The highest BCUT2D eigenvalue weighted by molar-refractivity contribution is 6.36. The van der Waals surface area contributed by atoms with Gasteiger partial charge in [-0.2, -0.15) is 10.2 Å². The number of aromatic amines is 1. The molecule has 4 heterocycles. The molecule has 2 amide bonds. The lowest BCUT2D eigenvalue weighted by Gasteiger charge is -2.32. The average Bonchev–Trinajstić information content (AvgIpc) is 3.69. The van der Waals surface area contributed by atoms with Crippen LogP contribution in [0.1, 0.15) is 48.5 Å². The number of carbonyl (C=O) groups excluding carboxylic acids is 2. The summed E-state index contributed by atoms with van der Waals surface area (Å²) in [5.41, 5.74) is 7.79. The lowest BCUT2D eigenvalue weighted by atomic mass is 9.94. The van der Waals surface area contributed by atoms with E-state index in [1.54, 1.807) is 0 Å². The highest BCUT2D eigenvalue weighted by atomic mass is 35.5. The highest BCUT2D eigenvalue weighted by Crippen LogP contribution is 2.44. The third kappa shape index (κ3) is 4.60. The summed E-state index contributed by atoms with van der Waals surface area (Å²) in [6, 6.07) is 10.5. The molecule has 9 heteroatoms. The minimum atomic E-state index is -0.0263. The van der Waals surface area contributed by atoms with Crippen molar-refractivity contribution in [2.75, 3.05) is 19.6 Å². The molecule has 2 fully saturated rings. The molecule has 2 aromatic carbocycles. The number of nitrogens with zero attached hydrogens (tertiary/aromatic N) is 5. The van der Waals surface area contributed by atoms with Crippen LogP contribution < -0.4 is 0 Å². The third-order valence-corrected chi connectivity index (χ3v) is 8.82. The van der Waals surface area contributed by atoms with Gasteiger partial charge in [-0.25, -0.2) is 0 Å². The second kappa shape index (κ2) is 10.6. The minimum Gasteiger partial charge on any atom is -0.339 e. The quantitative estimate of drug-likeness (QED) is 0.302. The number of aryl methyl sites for hydroxylation is 1. The number of hydrogen-bond donors (Lipinski definition) is 1. The molecule has 1 N–H and O–H groups in total. The summed E-state index contributed by atoms with van der Waals surface area (Å²) in [5, 5.41) is 14.3. The van der Waals surface area contributed by atoms with Gasteiger partial charge in [-0.15, -0.1) is 0 Å². The van der Waals surface area contributed by atoms with Crippen LogP contribution in [0.5, 0.6) is 0 Å². The van der Waals surface area contributed by atoms with E-state index < -0.39 is 0 Å². The number of nitrogens with one attached hydrogen (secondary N) is 1. The van der Waals surface area contributed by atoms with E-state index in [1.165, 1.54) is 6.08 Å². The lowest BCUT2D eigenvalue weighted by Crippen LogP contribution is -2.38. The fourth-order valence-electron chi connectivity index (χ4n) is 6.14. The van der Waals surface area contributed by atoms with Crippen molar-refractivity contribution >= 4 is 34.3 Å². The Morgan fingerprint density at radius 3 is 2.58 bits per heavy atom. The number of piperidine rings is 1. The molecule has 0 aliphatic carbocycles. The second-order valence-electron chi connectivity index (χ2n) is 10.8. The Labute approximate surface area is 238 Å². The van der Waals surface area contributed by atoms with Crippen molar-refractivity contribution in [3.8, 4) is 22.4 Å². The van der Waals surface area contributed by atoms with Gasteiger partial charge in [0, 0.05) is 60.4 Å². The van der Waals surface area contributed by atoms with Crippen LogP contribution >= 0.6 is 11.6 Å². The van der Waals surface area contributed by atoms with Gasteiger partial charge in [0.25, 0.3) is 0 Å². The number of aromatic nitrogens is 4. The molecule has 0 radical (unpaired) electrons. The Kier molecular flexibility index (Phi) is 6.96. The number of likely N-dealkylation sites (tertiary alicyclic amines) is 2. The van der Waals surface area contributed by atoms with Gasteiger partial charge in [0.15, 0.2) is 0 Å². The number of amides is 2. The van der Waals surface area contributed by atoms with Gasteiger partial charge in [0.1, 0.15) is 5.69 Å². The third-order valence-electron chi connectivity index (χ3n) is 8.33. The molecule has 0 spiro atoms. The van der Waals surface area contributed by atoms with Crippen LogP contribution in [0.4, 0.5) is 0 Å². The van der Waals surface area contributed by atoms with Gasteiger partial charge in [-0.3, -0.25) is 19.4 Å². The van der Waals surface area contributed by atoms with E-state index in [9.17, 15) is 9.59 Å². The van der Waals surface area contributed by atoms with E-state index in [-0.39, 0.29) is 17.9 Å². The van der Waals surface area contributed by atoms with Crippen molar-refractivity contribution in [1.29, 1.82) is 0 Å². The maximum absolute atomic E-state index is 12.2. The van der Waals surface area contributed by atoms with Gasteiger partial charge in [-0.05, 0) is 56.4 Å². The average molecular weight is 557 g/mol. The molecule has 2 aliphatic rings. The summed E-state index contributed by atoms with van der Waals surface area (Å²) < 4.78 is 2.13. The lowest BCUT2D eigenvalue weighted by molar-refractivity contribution is -0.128. The molecule has 2 aromatic heterocycles. The van der Waals surface area contributed by atoms with Gasteiger partial charge >= 0.3 is 0 Å². The Morgan fingerprint density at radius 2 is 1.90 bits per heavy atom. The predicted molar refractivity (Wildman–Crippen MR) is 157 cm³/mol. The van der Waals surface area contributed by atoms with E-state index in [0.29, 0.717) is 31.1 Å². The first-order valence-electron chi connectivity index (χ1n) is 13.9. The first kappa shape index (κ1) is 26.3. The molecule has 2 aliphatic heterocycles. The summed E-state index contributed by atoms with van der Waals surface area (Å²) in [7, 11) is 0. The Bertz CT molecular complexity index is 1610. The molecule has 6 rings (SSSR count). The number of fused-ring (bicyclic) bond motifs is 1. The zero-order chi connectivity index (χ0) is 28.0. The Hall–Kier alpha value is -3.91. The molecule has 4 aromatic rings. The molecule has 0 saturated carbocycles. The molecular weight excluding hydrogens is 524 g/mol. The summed E-state index contributed by atoms with van der Waals surface area (Å²) in [6.45, 7) is 10.5. The zero-order valence-corrected chi connectivity index (χ0v) is 23.7. The van der Waals surface area contributed by atoms with Crippen LogP contribution in [-0.2, 0) is 16.1 Å². The summed E-state index contributed by atoms with van der Waals surface area (Å²) >= 11 is 7.02. The monoisotopic (exact) mass is 556 g/mol. The van der Waals surface area contributed by atoms with E-state index in [4.69, 9.17) is 16.7 Å². The molecule has 206 valence electrons. The molecule has 8 nitrogen and oxygen atoms in total. The van der Waals surface area contributed by atoms with Crippen molar-refractivity contribution in [2.45, 2.75) is 52.1 Å². The van der Waals surface area contributed by atoms with Gasteiger partial charge < -0.3 is 9.80 Å². The normalized spacial score (nSPS) is 16.3. The largest absolute Gasteiger partial charge is 0.339 e. The van der Waals surface area contributed by atoms with Crippen molar-refractivity contribution < 1.29 is 9.59 Å². The van der Waals surface area contributed by atoms with Crippen LogP contribution in [0.25, 0.3) is 33.3 Å². The van der Waals surface area contributed by atoms with Crippen LogP contribution in [0.2, 0.25) is 5.02 Å². The number of carbonyl (C=O) groups is 2. The number of halogens is 1. The van der Waals surface area contributed by atoms with Crippen molar-refractivity contribution in [2.24, 2.45) is 0 Å². The van der Waals surface area contributed by atoms with E-state index in [1.807, 2.05) is 29.0 Å². The molecular formula is C31H33ClN6O2. The Morgan fingerprint density at radius 1 is 1.15 bits per heavy atom. The fourth-order valence-corrected chi connectivity index (χ4v) is 6.39. The van der Waals surface area contributed by atoms with Crippen LogP contribution in [0.15, 0.2) is 49.2 Å². The summed E-state index contributed by atoms with van der Waals surface area (Å²) in [5.74, 6) is 0.196. The number of hydrogen-bond acceptors (Lipinski definition) is 4. The zero-order valence-electron chi connectivity index (χ0n) is 22.9. The molecule has 40 heavy (non-hydrogen) atoms. The van der Waals surface area contributed by atoms with Gasteiger partial charge in [0.2, 0.25) is 11.8 Å². The number of benzene rings is 2. The first-order valence-corrected chi connectivity index (χ1v) is 14.2. The predicted octanol–water partition coefficient (Wildman–Crippen LogP) is 5.84. The second-order valence-corrected chi connectivity index (χ2v) is 11.2. The Balaban J connectivity index is 1.43. The summed E-state index contributed by atoms with van der Waals surface area (Å²) in [4.78, 5) is 28.1. The fraction of sp³-hybridized carbons (Fsp3) is 0.355. The topological polar surface area (TPSA) is 87.1 Å². The summed E-state index contributed by atoms with van der Waals surface area (Å²) in [6.07, 6.45) is 6.40. The minimum absolute atomic E-state index is 0.0263. The van der Waals surface area contributed by atoms with Gasteiger partial charge in [-0.1, -0.05) is 42.4 Å². The van der Waals surface area contributed by atoms with E-state index in [2.05, 4.69) is 52.6 Å². The van der Waals surface area contributed by atoms with Crippen molar-refractivity contribution in [3.63, 3.8) is 0 Å². The van der Waals surface area contributed by atoms with E-state index >= 15 is 0 Å².